The number of rotatable bonds is 26. The zero-order chi connectivity index (χ0) is 49.3. The van der Waals surface area contributed by atoms with Crippen molar-refractivity contribution in [3.05, 3.63) is 81.4 Å². The van der Waals surface area contributed by atoms with Crippen LogP contribution in [0.15, 0.2) is 58.5 Å². The SMILES string of the molecule is NC(=NCc1ccc(OCCOCCOCCNC(=O)C(=O)NCCOCCOCCOc2ccc(CN=C(N)NC(=O)c3nc(Cl)c(N)nc3N)cc2)cc1)NC(=O)c1nc(Cl)c(N)nc1N. The zero-order valence-corrected chi connectivity index (χ0v) is 38.0. The van der Waals surface area contributed by atoms with Gasteiger partial charge in [-0.3, -0.25) is 29.8 Å². The fourth-order valence-corrected chi connectivity index (χ4v) is 5.35. The molecule has 0 saturated heterocycles. The number of nitrogen functional groups attached to an aromatic ring is 4. The summed E-state index contributed by atoms with van der Waals surface area (Å²) in [6.07, 6.45) is 0. The van der Waals surface area contributed by atoms with Gasteiger partial charge in [-0.2, -0.15) is 0 Å². The lowest BCUT2D eigenvalue weighted by atomic mass is 10.2. The van der Waals surface area contributed by atoms with Crippen LogP contribution in [0.5, 0.6) is 11.5 Å². The van der Waals surface area contributed by atoms with Gasteiger partial charge in [-0.15, -0.1) is 0 Å². The van der Waals surface area contributed by atoms with Crippen LogP contribution in [0.25, 0.3) is 0 Å². The Morgan fingerprint density at radius 3 is 1.19 bits per heavy atom. The first-order chi connectivity index (χ1) is 32.7. The average Bonchev–Trinajstić information content (AvgIpc) is 3.31. The van der Waals surface area contributed by atoms with Gasteiger partial charge in [0.1, 0.15) is 24.7 Å². The molecule has 0 aliphatic heterocycles. The van der Waals surface area contributed by atoms with Crippen molar-refractivity contribution in [2.24, 2.45) is 21.5 Å². The van der Waals surface area contributed by atoms with Gasteiger partial charge in [0.2, 0.25) is 0 Å². The molecule has 26 nitrogen and oxygen atoms in total. The zero-order valence-electron chi connectivity index (χ0n) is 36.5. The summed E-state index contributed by atoms with van der Waals surface area (Å²) in [4.78, 5) is 72.2. The van der Waals surface area contributed by atoms with Crippen LogP contribution in [0.2, 0.25) is 10.3 Å². The molecule has 0 aliphatic carbocycles. The van der Waals surface area contributed by atoms with Crippen molar-refractivity contribution in [1.82, 2.24) is 41.2 Å². The molecule has 0 atom stereocenters. The highest BCUT2D eigenvalue weighted by atomic mass is 35.5. The van der Waals surface area contributed by atoms with E-state index >= 15 is 0 Å². The van der Waals surface area contributed by atoms with Crippen molar-refractivity contribution in [2.45, 2.75) is 13.1 Å². The highest BCUT2D eigenvalue weighted by molar-refractivity contribution is 6.35. The number of hydrogen-bond donors (Lipinski definition) is 10. The van der Waals surface area contributed by atoms with Gasteiger partial charge in [-0.25, -0.2) is 29.9 Å². The van der Waals surface area contributed by atoms with E-state index in [4.69, 9.17) is 86.0 Å². The standard InChI is InChI=1S/C40H52Cl2N16O10/c41-29-33(45)55-31(43)27(53-29)35(59)57-39(47)51-21-23-1-5-25(6-2-23)67-19-17-65-15-13-63-11-9-49-37(61)38(62)50-10-12-64-14-16-66-18-20-68-26-7-3-24(4-8-26)22-52-40(48)58-36(60)28-32(44)56-34(46)30(42)54-28/h1-8H,9-22H2,(H,49,61)(H,50,62)(H4,43,45,55)(H4,44,46,56)(H3,47,51,57,59)(H3,48,52,58,60). The maximum atomic E-state index is 12.4. The number of nitrogens with two attached hydrogens (primary N) is 6. The van der Waals surface area contributed by atoms with Crippen molar-refractivity contribution in [3.8, 4) is 11.5 Å². The molecule has 0 bridgehead atoms. The van der Waals surface area contributed by atoms with E-state index in [0.29, 0.717) is 37.9 Å². The van der Waals surface area contributed by atoms with Gasteiger partial charge in [0.25, 0.3) is 11.8 Å². The predicted octanol–water partition coefficient (Wildman–Crippen LogP) is -0.852. The fraction of sp³-hybridized carbons (Fsp3) is 0.350. The molecule has 0 fully saturated rings. The molecule has 0 saturated carbocycles. The van der Waals surface area contributed by atoms with E-state index in [1.807, 2.05) is 0 Å². The summed E-state index contributed by atoms with van der Waals surface area (Å²) in [6, 6.07) is 14.2. The number of carbonyl (C=O) groups is 4. The molecule has 0 aliphatic rings. The van der Waals surface area contributed by atoms with Crippen LogP contribution in [0, 0.1) is 0 Å². The van der Waals surface area contributed by atoms with E-state index in [9.17, 15) is 19.2 Å². The van der Waals surface area contributed by atoms with Crippen molar-refractivity contribution in [3.63, 3.8) is 0 Å². The Bertz CT molecular complexity index is 2200. The molecular weight excluding hydrogens is 935 g/mol. The van der Waals surface area contributed by atoms with Crippen molar-refractivity contribution in [2.75, 3.05) is 102 Å². The molecule has 0 unspecified atom stereocenters. The van der Waals surface area contributed by atoms with Gasteiger partial charge in [-0.1, -0.05) is 47.5 Å². The molecule has 4 amide bonds. The second kappa shape index (κ2) is 28.6. The first kappa shape index (κ1) is 53.3. The van der Waals surface area contributed by atoms with Gasteiger partial charge in [-0.05, 0) is 35.4 Å². The lowest BCUT2D eigenvalue weighted by Crippen LogP contribution is -2.42. The van der Waals surface area contributed by atoms with Crippen LogP contribution >= 0.6 is 23.2 Å². The molecule has 2 heterocycles. The summed E-state index contributed by atoms with van der Waals surface area (Å²) in [7, 11) is 0. The molecule has 4 rings (SSSR count). The minimum absolute atomic E-state index is 0.103. The normalized spacial score (nSPS) is 11.4. The lowest BCUT2D eigenvalue weighted by molar-refractivity contribution is -0.139. The third-order valence-corrected chi connectivity index (χ3v) is 9.00. The van der Waals surface area contributed by atoms with Crippen LogP contribution < -0.4 is 65.1 Å². The number of hydrogen-bond acceptors (Lipinski definition) is 20. The second-order valence-corrected chi connectivity index (χ2v) is 14.2. The van der Waals surface area contributed by atoms with Gasteiger partial charge in [0, 0.05) is 13.1 Å². The molecule has 366 valence electrons. The average molecular weight is 988 g/mol. The summed E-state index contributed by atoms with van der Waals surface area (Å²) in [5.74, 6) is -2.77. The molecule has 0 spiro atoms. The van der Waals surface area contributed by atoms with Crippen LogP contribution in [0.3, 0.4) is 0 Å². The maximum absolute atomic E-state index is 12.4. The number of ether oxygens (including phenoxy) is 6. The molecule has 0 radical (unpaired) electrons. The summed E-state index contributed by atoms with van der Waals surface area (Å²) in [6.45, 7) is 3.32. The van der Waals surface area contributed by atoms with E-state index in [2.05, 4.69) is 51.2 Å². The Kier molecular flexibility index (Phi) is 22.4. The molecule has 2 aromatic heterocycles. The lowest BCUT2D eigenvalue weighted by Gasteiger charge is -2.10. The maximum Gasteiger partial charge on any atom is 0.309 e. The second-order valence-electron chi connectivity index (χ2n) is 13.5. The highest BCUT2D eigenvalue weighted by Crippen LogP contribution is 2.19. The van der Waals surface area contributed by atoms with Gasteiger partial charge in [0.05, 0.1) is 65.9 Å². The van der Waals surface area contributed by atoms with Crippen LogP contribution in [-0.4, -0.2) is 135 Å². The summed E-state index contributed by atoms with van der Waals surface area (Å²) < 4.78 is 33.2. The Morgan fingerprint density at radius 1 is 0.485 bits per heavy atom. The van der Waals surface area contributed by atoms with Gasteiger partial charge in [0.15, 0.2) is 56.9 Å². The number of carbonyl (C=O) groups excluding carboxylic acids is 4. The molecular formula is C40H52Cl2N16O10. The molecule has 16 N–H and O–H groups in total. The van der Waals surface area contributed by atoms with Gasteiger partial charge >= 0.3 is 11.8 Å². The summed E-state index contributed by atoms with van der Waals surface area (Å²) in [5.41, 5.74) is 35.2. The predicted molar refractivity (Wildman–Crippen MR) is 250 cm³/mol. The Labute approximate surface area is 399 Å². The topological polar surface area (TPSA) is 404 Å². The largest absolute Gasteiger partial charge is 0.491 e. The number of nitrogens with zero attached hydrogens (tertiary/aromatic N) is 6. The summed E-state index contributed by atoms with van der Waals surface area (Å²) in [5, 5.41) is 9.36. The molecule has 28 heteroatoms. The Morgan fingerprint density at radius 2 is 0.824 bits per heavy atom. The fourth-order valence-electron chi connectivity index (χ4n) is 5.10. The van der Waals surface area contributed by atoms with E-state index < -0.39 is 23.6 Å². The minimum Gasteiger partial charge on any atom is -0.491 e. The third-order valence-electron chi connectivity index (χ3n) is 8.44. The monoisotopic (exact) mass is 986 g/mol. The number of aromatic nitrogens is 4. The number of nitrogens with one attached hydrogen (secondary N) is 4. The van der Waals surface area contributed by atoms with Crippen molar-refractivity contribution < 1.29 is 47.6 Å². The van der Waals surface area contributed by atoms with Crippen molar-refractivity contribution >= 4 is 82.0 Å². The number of benzene rings is 2. The van der Waals surface area contributed by atoms with Crippen LogP contribution in [0.4, 0.5) is 23.3 Å². The minimum atomic E-state index is -0.792. The number of halogens is 2. The number of anilines is 4. The highest BCUT2D eigenvalue weighted by Gasteiger charge is 2.18. The van der Waals surface area contributed by atoms with E-state index in [-0.39, 0.29) is 123 Å². The van der Waals surface area contributed by atoms with Crippen LogP contribution in [-0.2, 0) is 41.6 Å². The van der Waals surface area contributed by atoms with Crippen molar-refractivity contribution in [1.29, 1.82) is 0 Å². The number of guanidine groups is 2. The molecule has 4 aromatic rings. The first-order valence-electron chi connectivity index (χ1n) is 20.4. The van der Waals surface area contributed by atoms with Crippen LogP contribution in [0.1, 0.15) is 32.1 Å². The first-order valence-corrected chi connectivity index (χ1v) is 21.2. The summed E-state index contributed by atoms with van der Waals surface area (Å²) >= 11 is 11.6. The van der Waals surface area contributed by atoms with Gasteiger partial charge < -0.3 is 73.5 Å². The van der Waals surface area contributed by atoms with E-state index in [1.165, 1.54) is 0 Å². The van der Waals surface area contributed by atoms with E-state index in [1.54, 1.807) is 48.5 Å². The number of aliphatic imine (C=N–C) groups is 2. The van der Waals surface area contributed by atoms with E-state index in [0.717, 1.165) is 11.1 Å². The Balaban J connectivity index is 0.917. The number of amides is 4. The molecule has 68 heavy (non-hydrogen) atoms. The quantitative estimate of drug-likeness (QED) is 0.0158. The molecule has 2 aromatic carbocycles. The smallest absolute Gasteiger partial charge is 0.309 e. The Hall–Kier alpha value is -7.36. The third kappa shape index (κ3) is 19.2.